The van der Waals surface area contributed by atoms with Crippen LogP contribution in [0.2, 0.25) is 0 Å². The normalized spacial score (nSPS) is 18.2. The fourth-order valence-corrected chi connectivity index (χ4v) is 3.80. The Morgan fingerprint density at radius 2 is 2.05 bits per heavy atom. The molecule has 1 N–H and O–H groups in total. The van der Waals surface area contributed by atoms with E-state index in [1.165, 1.54) is 6.07 Å². The summed E-state index contributed by atoms with van der Waals surface area (Å²) in [7, 11) is 0. The molecule has 1 fully saturated rings. The maximum Gasteiger partial charge on any atom is 0.125 e. The molecular formula is C17H24FN3. The first-order chi connectivity index (χ1) is 10.2. The second kappa shape index (κ2) is 5.76. The molecule has 0 unspecified atom stereocenters. The van der Waals surface area contributed by atoms with Crippen molar-refractivity contribution in [2.45, 2.75) is 51.5 Å². The predicted octanol–water partition coefficient (Wildman–Crippen LogP) is 3.62. The van der Waals surface area contributed by atoms with Gasteiger partial charge in [-0.2, -0.15) is 0 Å². The second-order valence-electron chi connectivity index (χ2n) is 6.09. The standard InChI is InChI=1S/C17H24FN3/c1-3-7-17(8-10-19-11-9-17)16-20-14-12-13(18)5-6-15(14)21(16)4-2/h5-6,12,19H,3-4,7-11H2,1-2H3. The van der Waals surface area contributed by atoms with E-state index in [0.29, 0.717) is 0 Å². The van der Waals surface area contributed by atoms with Crippen LogP contribution in [-0.4, -0.2) is 22.6 Å². The van der Waals surface area contributed by atoms with Crippen LogP contribution in [0.3, 0.4) is 0 Å². The van der Waals surface area contributed by atoms with Crippen LogP contribution in [0.4, 0.5) is 4.39 Å². The maximum absolute atomic E-state index is 13.5. The molecule has 2 heterocycles. The zero-order valence-electron chi connectivity index (χ0n) is 13.0. The molecule has 0 bridgehead atoms. The topological polar surface area (TPSA) is 29.9 Å². The number of nitrogens with zero attached hydrogens (tertiary/aromatic N) is 2. The lowest BCUT2D eigenvalue weighted by molar-refractivity contribution is 0.264. The molecule has 1 aromatic heterocycles. The molecular weight excluding hydrogens is 265 g/mol. The Hall–Kier alpha value is -1.42. The Balaban J connectivity index is 2.16. The minimum Gasteiger partial charge on any atom is -0.328 e. The van der Waals surface area contributed by atoms with Gasteiger partial charge in [0.2, 0.25) is 0 Å². The molecule has 0 amide bonds. The largest absolute Gasteiger partial charge is 0.328 e. The fourth-order valence-electron chi connectivity index (χ4n) is 3.80. The number of piperidine rings is 1. The van der Waals surface area contributed by atoms with Gasteiger partial charge in [-0.05, 0) is 51.4 Å². The van der Waals surface area contributed by atoms with E-state index in [1.54, 1.807) is 6.07 Å². The Morgan fingerprint density at radius 1 is 1.29 bits per heavy atom. The molecule has 0 atom stereocenters. The lowest BCUT2D eigenvalue weighted by Gasteiger charge is -2.37. The van der Waals surface area contributed by atoms with Crippen molar-refractivity contribution in [2.24, 2.45) is 0 Å². The minimum atomic E-state index is -0.204. The Labute approximate surface area is 125 Å². The van der Waals surface area contributed by atoms with Crippen LogP contribution in [0.1, 0.15) is 45.4 Å². The average molecular weight is 289 g/mol. The maximum atomic E-state index is 13.5. The van der Waals surface area contributed by atoms with E-state index >= 15 is 0 Å². The highest BCUT2D eigenvalue weighted by Crippen LogP contribution is 2.38. The van der Waals surface area contributed by atoms with Gasteiger partial charge >= 0.3 is 0 Å². The quantitative estimate of drug-likeness (QED) is 0.931. The number of benzene rings is 1. The van der Waals surface area contributed by atoms with Crippen molar-refractivity contribution in [2.75, 3.05) is 13.1 Å². The third-order valence-electron chi connectivity index (χ3n) is 4.79. The number of imidazole rings is 1. The molecule has 3 nitrogen and oxygen atoms in total. The highest BCUT2D eigenvalue weighted by atomic mass is 19.1. The van der Waals surface area contributed by atoms with Gasteiger partial charge in [-0.3, -0.25) is 0 Å². The van der Waals surface area contributed by atoms with E-state index in [2.05, 4.69) is 23.7 Å². The third-order valence-corrected chi connectivity index (χ3v) is 4.79. The molecule has 0 radical (unpaired) electrons. The van der Waals surface area contributed by atoms with Gasteiger partial charge in [0.15, 0.2) is 0 Å². The van der Waals surface area contributed by atoms with Crippen molar-refractivity contribution in [1.82, 2.24) is 14.9 Å². The number of nitrogens with one attached hydrogen (secondary N) is 1. The lowest BCUT2D eigenvalue weighted by Crippen LogP contribution is -2.41. The number of aromatic nitrogens is 2. The van der Waals surface area contributed by atoms with Crippen LogP contribution in [0.15, 0.2) is 18.2 Å². The van der Waals surface area contributed by atoms with E-state index in [1.807, 2.05) is 6.07 Å². The Morgan fingerprint density at radius 3 is 2.71 bits per heavy atom. The summed E-state index contributed by atoms with van der Waals surface area (Å²) in [6, 6.07) is 4.96. The van der Waals surface area contributed by atoms with Gasteiger partial charge in [0, 0.05) is 18.0 Å². The smallest absolute Gasteiger partial charge is 0.125 e. The molecule has 114 valence electrons. The molecule has 0 spiro atoms. The number of hydrogen-bond donors (Lipinski definition) is 1. The van der Waals surface area contributed by atoms with Crippen molar-refractivity contribution in [3.63, 3.8) is 0 Å². The van der Waals surface area contributed by atoms with Crippen molar-refractivity contribution in [3.05, 3.63) is 29.8 Å². The number of fused-ring (bicyclic) bond motifs is 1. The summed E-state index contributed by atoms with van der Waals surface area (Å²) >= 11 is 0. The molecule has 1 aliphatic heterocycles. The highest BCUT2D eigenvalue weighted by molar-refractivity contribution is 5.76. The SMILES string of the molecule is CCCC1(c2nc3cc(F)ccc3n2CC)CCNCC1. The van der Waals surface area contributed by atoms with Gasteiger partial charge in [-0.1, -0.05) is 13.3 Å². The molecule has 4 heteroatoms. The minimum absolute atomic E-state index is 0.144. The number of aryl methyl sites for hydroxylation is 1. The van der Waals surface area contributed by atoms with E-state index in [9.17, 15) is 4.39 Å². The summed E-state index contributed by atoms with van der Waals surface area (Å²) in [5.74, 6) is 0.957. The zero-order valence-corrected chi connectivity index (χ0v) is 13.0. The average Bonchev–Trinajstić information content (AvgIpc) is 2.86. The second-order valence-corrected chi connectivity index (χ2v) is 6.09. The molecule has 0 saturated carbocycles. The predicted molar refractivity (Wildman–Crippen MR) is 84.1 cm³/mol. The van der Waals surface area contributed by atoms with Crippen LogP contribution >= 0.6 is 0 Å². The van der Waals surface area contributed by atoms with Crippen molar-refractivity contribution in [3.8, 4) is 0 Å². The summed E-state index contributed by atoms with van der Waals surface area (Å²) in [5.41, 5.74) is 2.00. The van der Waals surface area contributed by atoms with Gasteiger partial charge in [0.1, 0.15) is 11.6 Å². The van der Waals surface area contributed by atoms with E-state index in [4.69, 9.17) is 4.98 Å². The fraction of sp³-hybridized carbons (Fsp3) is 0.588. The van der Waals surface area contributed by atoms with Crippen LogP contribution in [0.25, 0.3) is 11.0 Å². The monoisotopic (exact) mass is 289 g/mol. The summed E-state index contributed by atoms with van der Waals surface area (Å²) in [5, 5.41) is 3.45. The van der Waals surface area contributed by atoms with Gasteiger partial charge in [-0.25, -0.2) is 9.37 Å². The van der Waals surface area contributed by atoms with Crippen LogP contribution < -0.4 is 5.32 Å². The van der Waals surface area contributed by atoms with Gasteiger partial charge in [-0.15, -0.1) is 0 Å². The first-order valence-electron chi connectivity index (χ1n) is 8.07. The summed E-state index contributed by atoms with van der Waals surface area (Å²) < 4.78 is 15.8. The van der Waals surface area contributed by atoms with Crippen molar-refractivity contribution >= 4 is 11.0 Å². The summed E-state index contributed by atoms with van der Waals surface area (Å²) in [6.45, 7) is 7.36. The molecule has 3 rings (SSSR count). The Bertz CT molecular complexity index is 621. The van der Waals surface area contributed by atoms with Crippen molar-refractivity contribution < 1.29 is 4.39 Å². The molecule has 21 heavy (non-hydrogen) atoms. The number of rotatable bonds is 4. The lowest BCUT2D eigenvalue weighted by atomic mass is 9.74. The van der Waals surface area contributed by atoms with E-state index in [-0.39, 0.29) is 11.2 Å². The third kappa shape index (κ3) is 2.46. The molecule has 2 aromatic rings. The number of hydrogen-bond acceptors (Lipinski definition) is 2. The van der Waals surface area contributed by atoms with E-state index in [0.717, 1.165) is 62.2 Å². The summed E-state index contributed by atoms with van der Waals surface area (Å²) in [4.78, 5) is 4.85. The van der Waals surface area contributed by atoms with Crippen LogP contribution in [0, 0.1) is 5.82 Å². The Kier molecular flexibility index (Phi) is 3.98. The van der Waals surface area contributed by atoms with Gasteiger partial charge in [0.05, 0.1) is 11.0 Å². The van der Waals surface area contributed by atoms with Crippen LogP contribution in [-0.2, 0) is 12.0 Å². The van der Waals surface area contributed by atoms with E-state index < -0.39 is 0 Å². The van der Waals surface area contributed by atoms with Crippen LogP contribution in [0.5, 0.6) is 0 Å². The molecule has 1 saturated heterocycles. The zero-order chi connectivity index (χ0) is 14.9. The molecule has 1 aliphatic rings. The van der Waals surface area contributed by atoms with Crippen molar-refractivity contribution in [1.29, 1.82) is 0 Å². The van der Waals surface area contributed by atoms with Gasteiger partial charge < -0.3 is 9.88 Å². The molecule has 1 aromatic carbocycles. The first kappa shape index (κ1) is 14.5. The highest BCUT2D eigenvalue weighted by Gasteiger charge is 2.37. The first-order valence-corrected chi connectivity index (χ1v) is 8.07. The number of halogens is 1. The van der Waals surface area contributed by atoms with Gasteiger partial charge in [0.25, 0.3) is 0 Å². The molecule has 0 aliphatic carbocycles. The summed E-state index contributed by atoms with van der Waals surface area (Å²) in [6.07, 6.45) is 4.54.